The van der Waals surface area contributed by atoms with E-state index in [1.165, 1.54) is 12.1 Å². The van der Waals surface area contributed by atoms with E-state index >= 15 is 0 Å². The van der Waals surface area contributed by atoms with Gasteiger partial charge < -0.3 is 15.4 Å². The molecule has 2 N–H and O–H groups in total. The maximum atomic E-state index is 12.2. The number of nitrogens with zero attached hydrogens (tertiary/aromatic N) is 1. The van der Waals surface area contributed by atoms with E-state index in [1.54, 1.807) is 13.0 Å². The van der Waals surface area contributed by atoms with Crippen LogP contribution in [0, 0.1) is 10.1 Å². The van der Waals surface area contributed by atoms with Gasteiger partial charge in [0.1, 0.15) is 0 Å². The van der Waals surface area contributed by atoms with Crippen molar-refractivity contribution in [3.05, 3.63) is 33.9 Å². The molecule has 0 bridgehead atoms. The second-order valence-electron chi connectivity index (χ2n) is 4.87. The molecule has 122 valence electrons. The van der Waals surface area contributed by atoms with Crippen molar-refractivity contribution in [2.45, 2.75) is 25.8 Å². The zero-order valence-corrected chi connectivity index (χ0v) is 13.1. The van der Waals surface area contributed by atoms with Crippen LogP contribution < -0.4 is 15.4 Å². The van der Waals surface area contributed by atoms with Gasteiger partial charge in [-0.25, -0.2) is 0 Å². The van der Waals surface area contributed by atoms with Crippen molar-refractivity contribution >= 4 is 24.0 Å². The van der Waals surface area contributed by atoms with Crippen LogP contribution >= 0.6 is 12.4 Å². The van der Waals surface area contributed by atoms with E-state index in [0.29, 0.717) is 6.61 Å². The van der Waals surface area contributed by atoms with Crippen LogP contribution in [0.15, 0.2) is 18.2 Å². The van der Waals surface area contributed by atoms with Crippen molar-refractivity contribution in [3.8, 4) is 5.75 Å². The Morgan fingerprint density at radius 1 is 1.45 bits per heavy atom. The molecule has 0 spiro atoms. The van der Waals surface area contributed by atoms with Gasteiger partial charge in [0, 0.05) is 17.7 Å². The topological polar surface area (TPSA) is 93.5 Å². The van der Waals surface area contributed by atoms with Crippen molar-refractivity contribution in [3.63, 3.8) is 0 Å². The molecule has 22 heavy (non-hydrogen) atoms. The molecule has 1 aromatic carbocycles. The molecule has 8 heteroatoms. The van der Waals surface area contributed by atoms with Crippen LogP contribution in [0.25, 0.3) is 0 Å². The molecule has 7 nitrogen and oxygen atoms in total. The first-order valence-electron chi connectivity index (χ1n) is 7.04. The Bertz CT molecular complexity index is 533. The second-order valence-corrected chi connectivity index (χ2v) is 4.87. The molecule has 1 saturated heterocycles. The number of amides is 1. The summed E-state index contributed by atoms with van der Waals surface area (Å²) in [5, 5.41) is 17.2. The van der Waals surface area contributed by atoms with Gasteiger partial charge in [-0.15, -0.1) is 12.4 Å². The SMILES string of the molecule is CCOc1ccc(C(=O)NC2CCNCC2)cc1[N+](=O)[O-].Cl. The molecule has 0 atom stereocenters. The summed E-state index contributed by atoms with van der Waals surface area (Å²) < 4.78 is 5.20. The molecule has 1 aliphatic rings. The summed E-state index contributed by atoms with van der Waals surface area (Å²) in [5.74, 6) is -0.103. The van der Waals surface area contributed by atoms with Crippen molar-refractivity contribution in [1.29, 1.82) is 0 Å². The van der Waals surface area contributed by atoms with Crippen LogP contribution in [0.5, 0.6) is 5.75 Å². The van der Waals surface area contributed by atoms with Gasteiger partial charge in [0.25, 0.3) is 5.91 Å². The first-order valence-corrected chi connectivity index (χ1v) is 7.04. The van der Waals surface area contributed by atoms with Gasteiger partial charge in [-0.2, -0.15) is 0 Å². The molecule has 2 rings (SSSR count). The molecular formula is C14H20ClN3O4. The number of piperidine rings is 1. The smallest absolute Gasteiger partial charge is 0.311 e. The normalized spacial score (nSPS) is 14.8. The Morgan fingerprint density at radius 3 is 2.73 bits per heavy atom. The molecule has 1 amide bonds. The Morgan fingerprint density at radius 2 is 2.14 bits per heavy atom. The van der Waals surface area contributed by atoms with Crippen LogP contribution in [0.2, 0.25) is 0 Å². The van der Waals surface area contributed by atoms with Crippen LogP contribution in [-0.4, -0.2) is 36.6 Å². The highest BCUT2D eigenvalue weighted by Gasteiger charge is 2.21. The zero-order valence-electron chi connectivity index (χ0n) is 12.3. The monoisotopic (exact) mass is 329 g/mol. The number of nitro groups is 1. The number of hydrogen-bond donors (Lipinski definition) is 2. The summed E-state index contributed by atoms with van der Waals surface area (Å²) in [6.45, 7) is 3.83. The van der Waals surface area contributed by atoms with Crippen LogP contribution in [0.4, 0.5) is 5.69 Å². The van der Waals surface area contributed by atoms with Crippen LogP contribution in [0.1, 0.15) is 30.1 Å². The maximum absolute atomic E-state index is 12.2. The number of carbonyl (C=O) groups is 1. The predicted molar refractivity (Wildman–Crippen MR) is 84.9 cm³/mol. The van der Waals surface area contributed by atoms with Gasteiger partial charge in [-0.1, -0.05) is 0 Å². The fraction of sp³-hybridized carbons (Fsp3) is 0.500. The number of nitro benzene ring substituents is 1. The minimum absolute atomic E-state index is 0. The average molecular weight is 330 g/mol. The third-order valence-corrected chi connectivity index (χ3v) is 3.39. The minimum Gasteiger partial charge on any atom is -0.487 e. The van der Waals surface area contributed by atoms with Crippen LogP contribution in [-0.2, 0) is 0 Å². The van der Waals surface area contributed by atoms with E-state index in [9.17, 15) is 14.9 Å². The van der Waals surface area contributed by atoms with E-state index in [2.05, 4.69) is 10.6 Å². The second kappa shape index (κ2) is 8.55. The fourth-order valence-electron chi connectivity index (χ4n) is 2.31. The lowest BCUT2D eigenvalue weighted by molar-refractivity contribution is -0.385. The van der Waals surface area contributed by atoms with Gasteiger partial charge in [0.2, 0.25) is 0 Å². The van der Waals surface area contributed by atoms with E-state index in [0.717, 1.165) is 25.9 Å². The van der Waals surface area contributed by atoms with Gasteiger partial charge in [0.15, 0.2) is 5.75 Å². The standard InChI is InChI=1S/C14H19N3O4.ClH/c1-2-21-13-4-3-10(9-12(13)17(19)20)14(18)16-11-5-7-15-8-6-11;/h3-4,9,11,15H,2,5-8H2,1H3,(H,16,18);1H. The molecule has 1 aliphatic heterocycles. The number of benzene rings is 1. The Balaban J connectivity index is 0.00000242. The van der Waals surface area contributed by atoms with Crippen molar-refractivity contribution in [2.24, 2.45) is 0 Å². The fourth-order valence-corrected chi connectivity index (χ4v) is 2.31. The highest BCUT2D eigenvalue weighted by Crippen LogP contribution is 2.28. The predicted octanol–water partition coefficient (Wildman–Crippen LogP) is 1.90. The summed E-state index contributed by atoms with van der Waals surface area (Å²) in [5.41, 5.74) is 0.0958. The molecular weight excluding hydrogens is 310 g/mol. The molecule has 0 saturated carbocycles. The molecule has 1 heterocycles. The van der Waals surface area contributed by atoms with E-state index in [-0.39, 0.29) is 41.4 Å². The Labute approximate surface area is 135 Å². The summed E-state index contributed by atoms with van der Waals surface area (Å²) in [7, 11) is 0. The van der Waals surface area contributed by atoms with E-state index in [1.807, 2.05) is 0 Å². The van der Waals surface area contributed by atoms with Gasteiger partial charge in [-0.05, 0) is 45.0 Å². The van der Waals surface area contributed by atoms with Gasteiger partial charge >= 0.3 is 5.69 Å². The number of rotatable bonds is 5. The third kappa shape index (κ3) is 4.57. The molecule has 0 radical (unpaired) electrons. The largest absolute Gasteiger partial charge is 0.487 e. The zero-order chi connectivity index (χ0) is 15.2. The van der Waals surface area contributed by atoms with Crippen molar-refractivity contribution in [2.75, 3.05) is 19.7 Å². The minimum atomic E-state index is -0.535. The number of halogens is 1. The maximum Gasteiger partial charge on any atom is 0.311 e. The lowest BCUT2D eigenvalue weighted by Crippen LogP contribution is -2.42. The highest BCUT2D eigenvalue weighted by molar-refractivity contribution is 5.95. The Hall–Kier alpha value is -1.86. The van der Waals surface area contributed by atoms with Crippen molar-refractivity contribution in [1.82, 2.24) is 10.6 Å². The van der Waals surface area contributed by atoms with E-state index < -0.39 is 4.92 Å². The van der Waals surface area contributed by atoms with Crippen molar-refractivity contribution < 1.29 is 14.5 Å². The summed E-state index contributed by atoms with van der Waals surface area (Å²) in [4.78, 5) is 22.7. The highest BCUT2D eigenvalue weighted by atomic mass is 35.5. The molecule has 0 aromatic heterocycles. The average Bonchev–Trinajstić information content (AvgIpc) is 2.48. The first-order chi connectivity index (χ1) is 10.1. The summed E-state index contributed by atoms with van der Waals surface area (Å²) in [6.07, 6.45) is 1.73. The molecule has 1 aromatic rings. The van der Waals surface area contributed by atoms with Gasteiger partial charge in [0.05, 0.1) is 11.5 Å². The summed E-state index contributed by atoms with van der Waals surface area (Å²) in [6, 6.07) is 4.40. The van der Waals surface area contributed by atoms with Gasteiger partial charge in [-0.3, -0.25) is 14.9 Å². The molecule has 0 aliphatic carbocycles. The first kappa shape index (κ1) is 18.2. The lowest BCUT2D eigenvalue weighted by atomic mass is 10.1. The quantitative estimate of drug-likeness (QED) is 0.635. The van der Waals surface area contributed by atoms with E-state index in [4.69, 9.17) is 4.74 Å². The molecule has 0 unspecified atom stereocenters. The number of carbonyl (C=O) groups excluding carboxylic acids is 1. The lowest BCUT2D eigenvalue weighted by Gasteiger charge is -2.23. The Kier molecular flexibility index (Phi) is 7.07. The summed E-state index contributed by atoms with van der Waals surface area (Å²) >= 11 is 0. The number of hydrogen-bond acceptors (Lipinski definition) is 5. The van der Waals surface area contributed by atoms with Crippen LogP contribution in [0.3, 0.4) is 0 Å². The number of nitrogens with one attached hydrogen (secondary N) is 2. The molecule has 1 fully saturated rings. The number of ether oxygens (including phenoxy) is 1. The third-order valence-electron chi connectivity index (χ3n) is 3.39.